The van der Waals surface area contributed by atoms with Crippen LogP contribution in [0.25, 0.3) is 0 Å². The van der Waals surface area contributed by atoms with E-state index in [1.807, 2.05) is 26.0 Å². The SMILES string of the molecule is CC(=NN(C)C)[C@@]1(O)CC[C@H]2[C@@H]3C[C@H](C)C4=C/C(=N/OCCO)CC[C@]4(C)[C@H]3CC[C@@]21C. The zero-order valence-electron chi connectivity index (χ0n) is 20.9. The molecule has 0 aromatic heterocycles. The fourth-order valence-corrected chi connectivity index (χ4v) is 8.23. The molecular formula is C26H43N3O3. The van der Waals surface area contributed by atoms with Gasteiger partial charge in [0.05, 0.1) is 18.0 Å². The molecule has 7 atom stereocenters. The van der Waals surface area contributed by atoms with Crippen LogP contribution in [0.4, 0.5) is 0 Å². The van der Waals surface area contributed by atoms with Crippen LogP contribution in [0, 0.1) is 34.5 Å². The molecule has 0 radical (unpaired) electrons. The molecule has 3 saturated carbocycles. The second-order valence-corrected chi connectivity index (χ2v) is 11.6. The third-order valence-electron chi connectivity index (χ3n) is 9.76. The van der Waals surface area contributed by atoms with Crippen LogP contribution < -0.4 is 0 Å². The van der Waals surface area contributed by atoms with E-state index in [0.717, 1.165) is 43.5 Å². The predicted molar refractivity (Wildman–Crippen MR) is 128 cm³/mol. The second kappa shape index (κ2) is 8.43. The van der Waals surface area contributed by atoms with E-state index in [-0.39, 0.29) is 24.0 Å². The fourth-order valence-electron chi connectivity index (χ4n) is 8.23. The molecule has 0 heterocycles. The molecule has 32 heavy (non-hydrogen) atoms. The Kier molecular flexibility index (Phi) is 6.25. The van der Waals surface area contributed by atoms with Crippen molar-refractivity contribution in [3.05, 3.63) is 11.6 Å². The first-order valence-electron chi connectivity index (χ1n) is 12.5. The largest absolute Gasteiger partial charge is 0.393 e. The molecule has 6 heteroatoms. The minimum Gasteiger partial charge on any atom is -0.393 e. The van der Waals surface area contributed by atoms with E-state index < -0.39 is 5.60 Å². The van der Waals surface area contributed by atoms with Gasteiger partial charge >= 0.3 is 0 Å². The molecule has 4 rings (SSSR count). The maximum Gasteiger partial charge on any atom is 0.140 e. The Morgan fingerprint density at radius 1 is 1.19 bits per heavy atom. The molecule has 180 valence electrons. The lowest BCUT2D eigenvalue weighted by Gasteiger charge is -2.60. The first-order valence-corrected chi connectivity index (χ1v) is 12.5. The van der Waals surface area contributed by atoms with Crippen LogP contribution in [0.2, 0.25) is 0 Å². The molecule has 0 amide bonds. The standard InChI is InChI=1S/C26H43N3O3/c1-17-15-20-21(24(3)10-7-19(16-23(17)24)28-32-14-13-30)8-11-25(4)22(20)9-12-26(25,31)18(2)27-29(5)6/h16-17,20-22,30-31H,7-15H2,1-6H3/b27-18?,28-19+/t17-,20+,21-,22-,24+,25-,26-/m0/s1. The molecule has 0 aromatic rings. The average molecular weight is 446 g/mol. The lowest BCUT2D eigenvalue weighted by atomic mass is 9.44. The molecule has 2 N–H and O–H groups in total. The van der Waals surface area contributed by atoms with E-state index >= 15 is 0 Å². The van der Waals surface area contributed by atoms with Gasteiger partial charge in [0.25, 0.3) is 0 Å². The highest BCUT2D eigenvalue weighted by molar-refractivity contribution is 5.96. The fraction of sp³-hybridized carbons (Fsp3) is 0.846. The van der Waals surface area contributed by atoms with E-state index in [1.165, 1.54) is 12.8 Å². The van der Waals surface area contributed by atoms with Crippen LogP contribution in [-0.4, -0.2) is 59.6 Å². The number of fused-ring (bicyclic) bond motifs is 5. The highest BCUT2D eigenvalue weighted by Gasteiger charge is 2.65. The maximum absolute atomic E-state index is 11.9. The minimum absolute atomic E-state index is 0.00352. The summed E-state index contributed by atoms with van der Waals surface area (Å²) >= 11 is 0. The molecular weight excluding hydrogens is 402 g/mol. The smallest absolute Gasteiger partial charge is 0.140 e. The van der Waals surface area contributed by atoms with Crippen LogP contribution in [0.15, 0.2) is 21.9 Å². The third-order valence-corrected chi connectivity index (χ3v) is 9.76. The van der Waals surface area contributed by atoms with Crippen LogP contribution in [0.3, 0.4) is 0 Å². The number of allylic oxidation sites excluding steroid dienone is 2. The van der Waals surface area contributed by atoms with E-state index in [4.69, 9.17) is 9.94 Å². The van der Waals surface area contributed by atoms with Gasteiger partial charge in [0.1, 0.15) is 12.2 Å². The Balaban J connectivity index is 1.63. The van der Waals surface area contributed by atoms with Crippen LogP contribution in [0.5, 0.6) is 0 Å². The van der Waals surface area contributed by atoms with Gasteiger partial charge in [-0.05, 0) is 87.0 Å². The third kappa shape index (κ3) is 3.53. The van der Waals surface area contributed by atoms with Gasteiger partial charge < -0.3 is 20.1 Å². The van der Waals surface area contributed by atoms with Crippen molar-refractivity contribution in [2.45, 2.75) is 78.2 Å². The van der Waals surface area contributed by atoms with E-state index in [9.17, 15) is 5.11 Å². The number of rotatable bonds is 5. The van der Waals surface area contributed by atoms with Crippen LogP contribution >= 0.6 is 0 Å². The van der Waals surface area contributed by atoms with Crippen molar-refractivity contribution in [1.82, 2.24) is 5.01 Å². The zero-order valence-corrected chi connectivity index (χ0v) is 20.9. The van der Waals surface area contributed by atoms with Crippen molar-refractivity contribution in [3.8, 4) is 0 Å². The van der Waals surface area contributed by atoms with Crippen molar-refractivity contribution in [2.75, 3.05) is 27.3 Å². The molecule has 0 spiro atoms. The van der Waals surface area contributed by atoms with Crippen LogP contribution in [0.1, 0.15) is 72.6 Å². The number of hydrogen-bond donors (Lipinski definition) is 2. The summed E-state index contributed by atoms with van der Waals surface area (Å²) in [5.74, 6) is 2.37. The summed E-state index contributed by atoms with van der Waals surface area (Å²) in [5, 5.41) is 31.7. The van der Waals surface area contributed by atoms with Crippen molar-refractivity contribution in [3.63, 3.8) is 0 Å². The highest BCUT2D eigenvalue weighted by Crippen LogP contribution is 2.68. The van der Waals surface area contributed by atoms with Gasteiger partial charge in [-0.2, -0.15) is 5.10 Å². The lowest BCUT2D eigenvalue weighted by molar-refractivity contribution is -0.100. The molecule has 6 nitrogen and oxygen atoms in total. The number of nitrogens with zero attached hydrogens (tertiary/aromatic N) is 3. The molecule has 3 fully saturated rings. The van der Waals surface area contributed by atoms with Crippen molar-refractivity contribution in [1.29, 1.82) is 0 Å². The topological polar surface area (TPSA) is 77.7 Å². The second-order valence-electron chi connectivity index (χ2n) is 11.6. The van der Waals surface area contributed by atoms with Gasteiger partial charge in [-0.3, -0.25) is 0 Å². The number of hydrazone groups is 1. The normalized spacial score (nSPS) is 45.1. The van der Waals surface area contributed by atoms with Gasteiger partial charge in [0.15, 0.2) is 0 Å². The summed E-state index contributed by atoms with van der Waals surface area (Å²) in [4.78, 5) is 5.27. The van der Waals surface area contributed by atoms with Crippen molar-refractivity contribution >= 4 is 11.4 Å². The monoisotopic (exact) mass is 445 g/mol. The summed E-state index contributed by atoms with van der Waals surface area (Å²) in [7, 11) is 3.87. The first-order chi connectivity index (χ1) is 15.1. The van der Waals surface area contributed by atoms with Crippen molar-refractivity contribution < 1.29 is 15.1 Å². The number of hydrogen-bond acceptors (Lipinski definition) is 6. The van der Waals surface area contributed by atoms with Crippen molar-refractivity contribution in [2.24, 2.45) is 44.8 Å². The summed E-state index contributed by atoms with van der Waals surface area (Å²) in [6.45, 7) is 9.48. The number of oxime groups is 1. The molecule has 0 unspecified atom stereocenters. The summed E-state index contributed by atoms with van der Waals surface area (Å²) in [5.41, 5.74) is 2.73. The number of aliphatic hydroxyl groups excluding tert-OH is 1. The van der Waals surface area contributed by atoms with Gasteiger partial charge in [-0.15, -0.1) is 0 Å². The summed E-state index contributed by atoms with van der Waals surface area (Å²) in [6, 6.07) is 0. The molecule has 0 saturated heterocycles. The van der Waals surface area contributed by atoms with Gasteiger partial charge in [0.2, 0.25) is 0 Å². The lowest BCUT2D eigenvalue weighted by Crippen LogP contribution is -2.58. The highest BCUT2D eigenvalue weighted by atomic mass is 16.6. The Labute approximate surface area is 193 Å². The first kappa shape index (κ1) is 23.7. The molecule has 0 aliphatic heterocycles. The average Bonchev–Trinajstić information content (AvgIpc) is 3.01. The molecule has 4 aliphatic carbocycles. The Morgan fingerprint density at radius 3 is 2.59 bits per heavy atom. The molecule has 0 aromatic carbocycles. The minimum atomic E-state index is -0.802. The van der Waals surface area contributed by atoms with E-state index in [1.54, 1.807) is 5.57 Å². The van der Waals surface area contributed by atoms with Gasteiger partial charge in [-0.25, -0.2) is 0 Å². The Morgan fingerprint density at radius 2 is 1.91 bits per heavy atom. The Hall–Kier alpha value is -1.40. The number of aliphatic hydroxyl groups is 2. The molecule has 0 bridgehead atoms. The summed E-state index contributed by atoms with van der Waals surface area (Å²) < 4.78 is 0. The van der Waals surface area contributed by atoms with Gasteiger partial charge in [-0.1, -0.05) is 31.5 Å². The Bertz CT molecular complexity index is 821. The summed E-state index contributed by atoms with van der Waals surface area (Å²) in [6.07, 6.45) is 9.69. The van der Waals surface area contributed by atoms with Crippen LogP contribution in [-0.2, 0) is 4.84 Å². The maximum atomic E-state index is 11.9. The van der Waals surface area contributed by atoms with Gasteiger partial charge in [0, 0.05) is 19.5 Å². The molecule has 4 aliphatic rings. The zero-order chi connectivity index (χ0) is 23.3. The predicted octanol–water partition coefficient (Wildman–Crippen LogP) is 4.23. The van der Waals surface area contributed by atoms with E-state index in [0.29, 0.717) is 23.7 Å². The van der Waals surface area contributed by atoms with E-state index in [2.05, 4.69) is 37.1 Å². The quantitative estimate of drug-likeness (QED) is 0.377.